The molecule has 0 saturated carbocycles. The van der Waals surface area contributed by atoms with E-state index in [2.05, 4.69) is 29.1 Å². The lowest BCUT2D eigenvalue weighted by molar-refractivity contribution is 0.144. The van der Waals surface area contributed by atoms with Crippen molar-refractivity contribution in [1.29, 1.82) is 0 Å². The molecule has 20 heavy (non-hydrogen) atoms. The van der Waals surface area contributed by atoms with E-state index in [1.807, 2.05) is 0 Å². The van der Waals surface area contributed by atoms with Gasteiger partial charge < -0.3 is 20.5 Å². The Morgan fingerprint density at radius 3 is 2.60 bits per heavy atom. The first-order valence-electron chi connectivity index (χ1n) is 7.24. The van der Waals surface area contributed by atoms with Crippen molar-refractivity contribution in [3.63, 3.8) is 0 Å². The van der Waals surface area contributed by atoms with Crippen LogP contribution >= 0.6 is 0 Å². The van der Waals surface area contributed by atoms with Crippen LogP contribution in [-0.4, -0.2) is 36.8 Å². The number of methoxy groups -OCH3 is 1. The molecule has 0 atom stereocenters. The number of rotatable bonds is 10. The molecule has 0 aliphatic carbocycles. The lowest BCUT2D eigenvalue weighted by atomic mass is 10.3. The topological polar surface area (TPSA) is 82.3 Å². The average molecular weight is 282 g/mol. The van der Waals surface area contributed by atoms with Crippen LogP contribution < -0.4 is 15.8 Å². The SMILES string of the molecule is CCCCNc1nc(CCC)nc(OCCOC)c1N. The Morgan fingerprint density at radius 1 is 1.15 bits per heavy atom. The molecule has 0 amide bonds. The molecular formula is C14H26N4O2. The highest BCUT2D eigenvalue weighted by atomic mass is 16.5. The fourth-order valence-corrected chi connectivity index (χ4v) is 1.68. The molecule has 0 spiro atoms. The summed E-state index contributed by atoms with van der Waals surface area (Å²) in [5.41, 5.74) is 6.53. The summed E-state index contributed by atoms with van der Waals surface area (Å²) in [6.45, 7) is 6.02. The lowest BCUT2D eigenvalue weighted by Gasteiger charge is -2.14. The van der Waals surface area contributed by atoms with E-state index >= 15 is 0 Å². The number of nitrogen functional groups attached to an aromatic ring is 1. The first kappa shape index (κ1) is 16.5. The predicted molar refractivity (Wildman–Crippen MR) is 81.2 cm³/mol. The lowest BCUT2D eigenvalue weighted by Crippen LogP contribution is -2.13. The number of aryl methyl sites for hydroxylation is 1. The second-order valence-corrected chi connectivity index (χ2v) is 4.58. The molecule has 1 heterocycles. The molecule has 0 saturated heterocycles. The van der Waals surface area contributed by atoms with Crippen LogP contribution in [0.1, 0.15) is 38.9 Å². The van der Waals surface area contributed by atoms with Crippen LogP contribution in [0.2, 0.25) is 0 Å². The molecule has 1 aromatic rings. The molecule has 6 nitrogen and oxygen atoms in total. The minimum Gasteiger partial charge on any atom is -0.474 e. The summed E-state index contributed by atoms with van der Waals surface area (Å²) in [6.07, 6.45) is 3.99. The Balaban J connectivity index is 2.83. The third-order valence-corrected chi connectivity index (χ3v) is 2.78. The van der Waals surface area contributed by atoms with Crippen molar-refractivity contribution >= 4 is 11.5 Å². The first-order chi connectivity index (χ1) is 9.72. The van der Waals surface area contributed by atoms with Gasteiger partial charge in [0.15, 0.2) is 5.82 Å². The molecule has 114 valence electrons. The van der Waals surface area contributed by atoms with Gasteiger partial charge in [0.1, 0.15) is 18.1 Å². The van der Waals surface area contributed by atoms with Crippen molar-refractivity contribution < 1.29 is 9.47 Å². The van der Waals surface area contributed by atoms with Gasteiger partial charge >= 0.3 is 0 Å². The Kier molecular flexibility index (Phi) is 7.72. The maximum Gasteiger partial charge on any atom is 0.242 e. The van der Waals surface area contributed by atoms with Crippen molar-refractivity contribution in [3.05, 3.63) is 5.82 Å². The number of nitrogens with two attached hydrogens (primary N) is 1. The molecule has 0 bridgehead atoms. The zero-order chi connectivity index (χ0) is 14.8. The Morgan fingerprint density at radius 2 is 1.95 bits per heavy atom. The highest BCUT2D eigenvalue weighted by molar-refractivity contribution is 5.66. The van der Waals surface area contributed by atoms with Crippen LogP contribution in [-0.2, 0) is 11.2 Å². The Hall–Kier alpha value is -1.56. The number of nitrogens with zero attached hydrogens (tertiary/aromatic N) is 2. The molecular weight excluding hydrogens is 256 g/mol. The summed E-state index contributed by atoms with van der Waals surface area (Å²) in [7, 11) is 1.63. The van der Waals surface area contributed by atoms with Gasteiger partial charge in [-0.1, -0.05) is 20.3 Å². The van der Waals surface area contributed by atoms with Crippen LogP contribution in [0.5, 0.6) is 5.88 Å². The maximum atomic E-state index is 6.06. The van der Waals surface area contributed by atoms with Crippen LogP contribution in [0.25, 0.3) is 0 Å². The number of ether oxygens (including phenoxy) is 2. The monoisotopic (exact) mass is 282 g/mol. The van der Waals surface area contributed by atoms with Gasteiger partial charge in [0.05, 0.1) is 6.61 Å². The Labute approximate surface area is 121 Å². The maximum absolute atomic E-state index is 6.06. The van der Waals surface area contributed by atoms with Crippen LogP contribution in [0, 0.1) is 0 Å². The van der Waals surface area contributed by atoms with Crippen LogP contribution in [0.15, 0.2) is 0 Å². The summed E-state index contributed by atoms with van der Waals surface area (Å²) in [4.78, 5) is 8.83. The summed E-state index contributed by atoms with van der Waals surface area (Å²) < 4.78 is 10.5. The van der Waals surface area contributed by atoms with Gasteiger partial charge in [-0.3, -0.25) is 0 Å². The van der Waals surface area contributed by atoms with E-state index in [4.69, 9.17) is 15.2 Å². The molecule has 1 aromatic heterocycles. The number of hydrogen-bond donors (Lipinski definition) is 2. The summed E-state index contributed by atoms with van der Waals surface area (Å²) in [6, 6.07) is 0. The molecule has 6 heteroatoms. The van der Waals surface area contributed by atoms with E-state index in [0.717, 1.165) is 38.1 Å². The quantitative estimate of drug-likeness (QED) is 0.640. The van der Waals surface area contributed by atoms with Gasteiger partial charge in [0, 0.05) is 20.1 Å². The van der Waals surface area contributed by atoms with Crippen molar-refractivity contribution in [2.24, 2.45) is 0 Å². The van der Waals surface area contributed by atoms with Crippen LogP contribution in [0.3, 0.4) is 0 Å². The number of anilines is 2. The summed E-state index contributed by atoms with van der Waals surface area (Å²) in [5, 5.41) is 3.26. The van der Waals surface area contributed by atoms with Crippen molar-refractivity contribution in [2.45, 2.75) is 39.5 Å². The summed E-state index contributed by atoms with van der Waals surface area (Å²) >= 11 is 0. The number of nitrogens with one attached hydrogen (secondary N) is 1. The van der Waals surface area contributed by atoms with Crippen molar-refractivity contribution in [2.75, 3.05) is 37.9 Å². The molecule has 0 aliphatic heterocycles. The van der Waals surface area contributed by atoms with E-state index in [-0.39, 0.29) is 0 Å². The van der Waals surface area contributed by atoms with E-state index in [9.17, 15) is 0 Å². The third kappa shape index (κ3) is 5.21. The van der Waals surface area contributed by atoms with Gasteiger partial charge in [0.2, 0.25) is 5.88 Å². The fraction of sp³-hybridized carbons (Fsp3) is 0.714. The second-order valence-electron chi connectivity index (χ2n) is 4.58. The van der Waals surface area contributed by atoms with Gasteiger partial charge in [-0.2, -0.15) is 4.98 Å². The standard InChI is InChI=1S/C14H26N4O2/c1-4-6-8-16-13-12(15)14(20-10-9-19-3)18-11(17-13)7-5-2/h4-10,15H2,1-3H3,(H,16,17,18). The Bertz CT molecular complexity index is 368. The highest BCUT2D eigenvalue weighted by Gasteiger charge is 2.12. The van der Waals surface area contributed by atoms with E-state index in [1.54, 1.807) is 7.11 Å². The average Bonchev–Trinajstić information content (AvgIpc) is 2.44. The van der Waals surface area contributed by atoms with Crippen molar-refractivity contribution in [1.82, 2.24) is 9.97 Å². The van der Waals surface area contributed by atoms with Crippen LogP contribution in [0.4, 0.5) is 11.5 Å². The van der Waals surface area contributed by atoms with Gasteiger partial charge in [-0.15, -0.1) is 0 Å². The third-order valence-electron chi connectivity index (χ3n) is 2.78. The minimum absolute atomic E-state index is 0.428. The van der Waals surface area contributed by atoms with E-state index in [0.29, 0.717) is 30.6 Å². The molecule has 0 aromatic carbocycles. The molecule has 1 rings (SSSR count). The normalized spacial score (nSPS) is 10.6. The molecule has 3 N–H and O–H groups in total. The smallest absolute Gasteiger partial charge is 0.242 e. The van der Waals surface area contributed by atoms with Gasteiger partial charge in [0.25, 0.3) is 0 Å². The first-order valence-corrected chi connectivity index (χ1v) is 7.24. The summed E-state index contributed by atoms with van der Waals surface area (Å²) in [5.74, 6) is 1.87. The highest BCUT2D eigenvalue weighted by Crippen LogP contribution is 2.26. The van der Waals surface area contributed by atoms with Gasteiger partial charge in [-0.25, -0.2) is 4.98 Å². The molecule has 0 fully saturated rings. The van der Waals surface area contributed by atoms with Gasteiger partial charge in [-0.05, 0) is 12.8 Å². The van der Waals surface area contributed by atoms with E-state index < -0.39 is 0 Å². The zero-order valence-corrected chi connectivity index (χ0v) is 12.7. The van der Waals surface area contributed by atoms with Crippen molar-refractivity contribution in [3.8, 4) is 5.88 Å². The fourth-order valence-electron chi connectivity index (χ4n) is 1.68. The second kappa shape index (κ2) is 9.36. The van der Waals surface area contributed by atoms with E-state index in [1.165, 1.54) is 0 Å². The number of aromatic nitrogens is 2. The zero-order valence-electron chi connectivity index (χ0n) is 12.7. The predicted octanol–water partition coefficient (Wildman–Crippen LogP) is 2.25. The largest absolute Gasteiger partial charge is 0.474 e. The number of unbranched alkanes of at least 4 members (excludes halogenated alkanes) is 1. The number of hydrogen-bond acceptors (Lipinski definition) is 6. The molecule has 0 radical (unpaired) electrons. The molecule has 0 aliphatic rings. The minimum atomic E-state index is 0.428. The molecule has 0 unspecified atom stereocenters.